The third-order valence-corrected chi connectivity index (χ3v) is 3.80. The van der Waals surface area contributed by atoms with Gasteiger partial charge in [0.2, 0.25) is 12.3 Å². The monoisotopic (exact) mass is 288 g/mol. The Morgan fingerprint density at radius 1 is 1.00 bits per heavy atom. The standard InChI is InChI=1S/C20H18NO/c1-2-8-19-18-12-7-6-9-16(18)13-14-21(19)15-20(22)17-10-4-3-5-11-17/h2-7,9-14H,1,8,15H2/q+1. The first-order chi connectivity index (χ1) is 10.8. The van der Waals surface area contributed by atoms with Crippen LogP contribution in [-0.2, 0) is 13.0 Å². The van der Waals surface area contributed by atoms with Gasteiger partial charge in [0.15, 0.2) is 11.9 Å². The third-order valence-electron chi connectivity index (χ3n) is 3.80. The van der Waals surface area contributed by atoms with Gasteiger partial charge in [-0.2, -0.15) is 4.57 Å². The number of benzene rings is 2. The first-order valence-electron chi connectivity index (χ1n) is 7.39. The first-order valence-corrected chi connectivity index (χ1v) is 7.39. The Hall–Kier alpha value is -2.74. The van der Waals surface area contributed by atoms with Gasteiger partial charge in [-0.15, -0.1) is 6.58 Å². The zero-order valence-corrected chi connectivity index (χ0v) is 12.4. The Kier molecular flexibility index (Phi) is 4.10. The highest BCUT2D eigenvalue weighted by Crippen LogP contribution is 2.16. The Morgan fingerprint density at radius 3 is 2.50 bits per heavy atom. The number of pyridine rings is 1. The number of carbonyl (C=O) groups excluding carboxylic acids is 1. The molecule has 0 N–H and O–H groups in total. The van der Waals surface area contributed by atoms with Crippen molar-refractivity contribution in [2.75, 3.05) is 0 Å². The van der Waals surface area contributed by atoms with Crippen LogP contribution in [0.15, 0.2) is 79.5 Å². The van der Waals surface area contributed by atoms with E-state index in [-0.39, 0.29) is 5.78 Å². The summed E-state index contributed by atoms with van der Waals surface area (Å²) in [6.45, 7) is 4.19. The van der Waals surface area contributed by atoms with Crippen LogP contribution in [0.1, 0.15) is 16.1 Å². The zero-order valence-electron chi connectivity index (χ0n) is 12.4. The van der Waals surface area contributed by atoms with Crippen molar-refractivity contribution in [3.05, 3.63) is 90.8 Å². The average molecular weight is 288 g/mol. The average Bonchev–Trinajstić information content (AvgIpc) is 2.58. The van der Waals surface area contributed by atoms with Crippen molar-refractivity contribution < 1.29 is 9.36 Å². The van der Waals surface area contributed by atoms with Crippen molar-refractivity contribution in [3.63, 3.8) is 0 Å². The number of aromatic nitrogens is 1. The van der Waals surface area contributed by atoms with Gasteiger partial charge in [0.25, 0.3) is 0 Å². The molecule has 0 aliphatic rings. The van der Waals surface area contributed by atoms with Crippen LogP contribution in [0.3, 0.4) is 0 Å². The molecule has 1 heterocycles. The maximum absolute atomic E-state index is 12.5. The van der Waals surface area contributed by atoms with Crippen LogP contribution in [0.25, 0.3) is 10.8 Å². The van der Waals surface area contributed by atoms with Crippen LogP contribution in [0.5, 0.6) is 0 Å². The van der Waals surface area contributed by atoms with Gasteiger partial charge >= 0.3 is 0 Å². The van der Waals surface area contributed by atoms with Crippen molar-refractivity contribution in [1.82, 2.24) is 0 Å². The molecule has 0 aliphatic carbocycles. The number of Topliss-reactive ketones (excluding diaryl/α,β-unsaturated/α-hetero) is 1. The molecule has 0 unspecified atom stereocenters. The summed E-state index contributed by atoms with van der Waals surface area (Å²) in [5.41, 5.74) is 1.87. The summed E-state index contributed by atoms with van der Waals surface area (Å²) in [6, 6.07) is 19.7. The number of rotatable bonds is 5. The van der Waals surface area contributed by atoms with E-state index in [0.29, 0.717) is 6.54 Å². The molecule has 0 fully saturated rings. The molecule has 108 valence electrons. The molecule has 1 aromatic heterocycles. The fourth-order valence-corrected chi connectivity index (χ4v) is 2.70. The molecule has 0 aliphatic heterocycles. The first kappa shape index (κ1) is 14.2. The van der Waals surface area contributed by atoms with Crippen LogP contribution in [-0.4, -0.2) is 5.78 Å². The summed E-state index contributed by atoms with van der Waals surface area (Å²) in [5, 5.41) is 2.36. The number of allylic oxidation sites excluding steroid dienone is 1. The van der Waals surface area contributed by atoms with Crippen molar-refractivity contribution in [3.8, 4) is 0 Å². The van der Waals surface area contributed by atoms with Crippen molar-refractivity contribution in [2.45, 2.75) is 13.0 Å². The minimum Gasteiger partial charge on any atom is -0.287 e. The predicted molar refractivity (Wildman–Crippen MR) is 88.8 cm³/mol. The third kappa shape index (κ3) is 2.82. The molecule has 0 amide bonds. The molecule has 0 bridgehead atoms. The molecule has 0 spiro atoms. The largest absolute Gasteiger partial charge is 0.287 e. The van der Waals surface area contributed by atoms with Crippen LogP contribution < -0.4 is 4.57 Å². The molecule has 0 radical (unpaired) electrons. The summed E-state index contributed by atoms with van der Waals surface area (Å²) in [7, 11) is 0. The highest BCUT2D eigenvalue weighted by molar-refractivity contribution is 5.95. The van der Waals surface area contributed by atoms with Gasteiger partial charge in [-0.1, -0.05) is 54.6 Å². The lowest BCUT2D eigenvalue weighted by Crippen LogP contribution is -2.41. The number of fused-ring (bicyclic) bond motifs is 1. The molecular weight excluding hydrogens is 270 g/mol. The number of hydrogen-bond acceptors (Lipinski definition) is 1. The van der Waals surface area contributed by atoms with Crippen molar-refractivity contribution in [1.29, 1.82) is 0 Å². The highest BCUT2D eigenvalue weighted by Gasteiger charge is 2.18. The van der Waals surface area contributed by atoms with E-state index in [0.717, 1.165) is 17.7 Å². The van der Waals surface area contributed by atoms with E-state index >= 15 is 0 Å². The summed E-state index contributed by atoms with van der Waals surface area (Å²) in [6.07, 6.45) is 4.61. The van der Waals surface area contributed by atoms with Crippen molar-refractivity contribution in [2.24, 2.45) is 0 Å². The fourth-order valence-electron chi connectivity index (χ4n) is 2.70. The molecule has 0 saturated heterocycles. The quantitative estimate of drug-likeness (QED) is 0.398. The van der Waals surface area contributed by atoms with E-state index in [1.54, 1.807) is 0 Å². The zero-order chi connectivity index (χ0) is 15.4. The Balaban J connectivity index is 2.01. The lowest BCUT2D eigenvalue weighted by atomic mass is 10.1. The number of ketones is 1. The topological polar surface area (TPSA) is 20.9 Å². The molecule has 2 aromatic carbocycles. The summed E-state index contributed by atoms with van der Waals surface area (Å²) in [4.78, 5) is 12.5. The summed E-state index contributed by atoms with van der Waals surface area (Å²) < 4.78 is 2.03. The summed E-state index contributed by atoms with van der Waals surface area (Å²) >= 11 is 0. The molecule has 2 heteroatoms. The lowest BCUT2D eigenvalue weighted by Gasteiger charge is -2.06. The van der Waals surface area contributed by atoms with E-state index in [1.807, 2.05) is 59.3 Å². The molecule has 3 rings (SSSR count). The Bertz CT molecular complexity index is 821. The lowest BCUT2D eigenvalue weighted by molar-refractivity contribution is -0.688. The van der Waals surface area contributed by atoms with Gasteiger partial charge in [0.05, 0.1) is 6.42 Å². The van der Waals surface area contributed by atoms with E-state index in [4.69, 9.17) is 0 Å². The highest BCUT2D eigenvalue weighted by atomic mass is 16.1. The van der Waals surface area contributed by atoms with Gasteiger partial charge in [0.1, 0.15) is 0 Å². The fraction of sp³-hybridized carbons (Fsp3) is 0.100. The normalized spacial score (nSPS) is 10.5. The van der Waals surface area contributed by atoms with Gasteiger partial charge in [-0.3, -0.25) is 4.79 Å². The van der Waals surface area contributed by atoms with Crippen molar-refractivity contribution >= 4 is 16.6 Å². The molecular formula is C20H18NO+. The van der Waals surface area contributed by atoms with E-state index in [9.17, 15) is 4.79 Å². The minimum absolute atomic E-state index is 0.117. The van der Waals surface area contributed by atoms with E-state index < -0.39 is 0 Å². The van der Waals surface area contributed by atoms with E-state index in [2.05, 4.69) is 24.8 Å². The number of carbonyl (C=O) groups is 1. The van der Waals surface area contributed by atoms with Gasteiger partial charge < -0.3 is 0 Å². The second kappa shape index (κ2) is 6.35. The maximum Gasteiger partial charge on any atom is 0.227 e. The molecule has 2 nitrogen and oxygen atoms in total. The Labute approximate surface area is 130 Å². The number of hydrogen-bond donors (Lipinski definition) is 0. The number of nitrogens with zero attached hydrogens (tertiary/aromatic N) is 1. The smallest absolute Gasteiger partial charge is 0.227 e. The SMILES string of the molecule is C=CCc1c2ccccc2cc[n+]1CC(=O)c1ccccc1. The molecule has 0 saturated carbocycles. The molecule has 0 atom stereocenters. The molecule has 3 aromatic rings. The van der Waals surface area contributed by atoms with Crippen LogP contribution in [0.4, 0.5) is 0 Å². The van der Waals surface area contributed by atoms with Crippen LogP contribution in [0.2, 0.25) is 0 Å². The minimum atomic E-state index is 0.117. The van der Waals surface area contributed by atoms with Crippen LogP contribution in [0, 0.1) is 0 Å². The van der Waals surface area contributed by atoms with Gasteiger partial charge in [-0.25, -0.2) is 0 Å². The van der Waals surface area contributed by atoms with Crippen LogP contribution >= 0.6 is 0 Å². The molecule has 22 heavy (non-hydrogen) atoms. The van der Waals surface area contributed by atoms with E-state index in [1.165, 1.54) is 10.8 Å². The van der Waals surface area contributed by atoms with Gasteiger partial charge in [-0.05, 0) is 11.5 Å². The maximum atomic E-state index is 12.5. The van der Waals surface area contributed by atoms with Gasteiger partial charge in [0, 0.05) is 17.0 Å². The summed E-state index contributed by atoms with van der Waals surface area (Å²) in [5.74, 6) is 0.117. The second-order valence-electron chi connectivity index (χ2n) is 5.26. The second-order valence-corrected chi connectivity index (χ2v) is 5.26. The Morgan fingerprint density at radius 2 is 1.73 bits per heavy atom. The predicted octanol–water partition coefficient (Wildman–Crippen LogP) is 3.74.